The molecule has 1 fully saturated rings. The standard InChI is InChI=1S/C13H18ClN/c1-13(2)9-3-4-12(15-13)10-5-7-11(14)8-6-10/h5-8,12,15H,3-4,9H2,1-2H3. The van der Waals surface area contributed by atoms with Crippen LogP contribution in [0.1, 0.15) is 44.7 Å². The third-order valence-corrected chi connectivity index (χ3v) is 3.38. The summed E-state index contributed by atoms with van der Waals surface area (Å²) >= 11 is 5.89. The molecule has 1 nitrogen and oxygen atoms in total. The normalized spacial score (nSPS) is 25.1. The highest BCUT2D eigenvalue weighted by molar-refractivity contribution is 6.30. The van der Waals surface area contributed by atoms with E-state index < -0.39 is 0 Å². The van der Waals surface area contributed by atoms with E-state index >= 15 is 0 Å². The van der Waals surface area contributed by atoms with Gasteiger partial charge < -0.3 is 5.32 Å². The lowest BCUT2D eigenvalue weighted by Gasteiger charge is -2.37. The highest BCUT2D eigenvalue weighted by Gasteiger charge is 2.27. The van der Waals surface area contributed by atoms with E-state index in [2.05, 4.69) is 31.3 Å². The molecule has 1 aliphatic heterocycles. The number of benzene rings is 1. The molecule has 2 rings (SSSR count). The first-order valence-corrected chi connectivity index (χ1v) is 5.98. The van der Waals surface area contributed by atoms with Crippen LogP contribution in [0.4, 0.5) is 0 Å². The molecule has 1 aromatic rings. The van der Waals surface area contributed by atoms with Crippen molar-refractivity contribution in [2.75, 3.05) is 0 Å². The fourth-order valence-corrected chi connectivity index (χ4v) is 2.44. The molecule has 15 heavy (non-hydrogen) atoms. The van der Waals surface area contributed by atoms with Crippen molar-refractivity contribution in [3.05, 3.63) is 34.9 Å². The zero-order chi connectivity index (χ0) is 10.9. The van der Waals surface area contributed by atoms with E-state index in [1.54, 1.807) is 0 Å². The summed E-state index contributed by atoms with van der Waals surface area (Å²) in [6.45, 7) is 4.55. The van der Waals surface area contributed by atoms with Crippen molar-refractivity contribution in [1.82, 2.24) is 5.32 Å². The van der Waals surface area contributed by atoms with Crippen molar-refractivity contribution < 1.29 is 0 Å². The summed E-state index contributed by atoms with van der Waals surface area (Å²) in [6, 6.07) is 8.69. The zero-order valence-corrected chi connectivity index (χ0v) is 10.1. The Morgan fingerprint density at radius 1 is 1.27 bits per heavy atom. The highest BCUT2D eigenvalue weighted by atomic mass is 35.5. The SMILES string of the molecule is CC1(C)CCCC(c2ccc(Cl)cc2)N1. The summed E-state index contributed by atoms with van der Waals surface area (Å²) in [7, 11) is 0. The molecule has 1 saturated heterocycles. The molecule has 0 saturated carbocycles. The number of nitrogens with one attached hydrogen (secondary N) is 1. The maximum Gasteiger partial charge on any atom is 0.0406 e. The van der Waals surface area contributed by atoms with Crippen molar-refractivity contribution in [3.63, 3.8) is 0 Å². The molecule has 1 aromatic carbocycles. The van der Waals surface area contributed by atoms with E-state index in [0.29, 0.717) is 6.04 Å². The molecule has 1 atom stereocenters. The van der Waals surface area contributed by atoms with Crippen LogP contribution in [0.2, 0.25) is 5.02 Å². The molecule has 0 spiro atoms. The van der Waals surface area contributed by atoms with Crippen molar-refractivity contribution >= 4 is 11.6 Å². The van der Waals surface area contributed by atoms with Crippen LogP contribution >= 0.6 is 11.6 Å². The fourth-order valence-electron chi connectivity index (χ4n) is 2.31. The van der Waals surface area contributed by atoms with Gasteiger partial charge in [0.1, 0.15) is 0 Å². The Kier molecular flexibility index (Phi) is 3.03. The summed E-state index contributed by atoms with van der Waals surface area (Å²) in [5.41, 5.74) is 1.62. The predicted octanol–water partition coefficient (Wildman–Crippen LogP) is 3.93. The molecular weight excluding hydrogens is 206 g/mol. The molecule has 0 aliphatic carbocycles. The van der Waals surface area contributed by atoms with Gasteiger partial charge >= 0.3 is 0 Å². The number of rotatable bonds is 1. The first-order valence-electron chi connectivity index (χ1n) is 5.60. The third kappa shape index (κ3) is 2.73. The van der Waals surface area contributed by atoms with E-state index in [9.17, 15) is 0 Å². The lowest BCUT2D eigenvalue weighted by Crippen LogP contribution is -2.44. The zero-order valence-electron chi connectivity index (χ0n) is 9.39. The van der Waals surface area contributed by atoms with Crippen molar-refractivity contribution in [1.29, 1.82) is 0 Å². The van der Waals surface area contributed by atoms with Crippen LogP contribution in [-0.4, -0.2) is 5.54 Å². The largest absolute Gasteiger partial charge is 0.305 e. The highest BCUT2D eigenvalue weighted by Crippen LogP contribution is 2.30. The minimum absolute atomic E-state index is 0.266. The van der Waals surface area contributed by atoms with Gasteiger partial charge in [0.2, 0.25) is 0 Å². The van der Waals surface area contributed by atoms with E-state index in [-0.39, 0.29) is 5.54 Å². The van der Waals surface area contributed by atoms with Crippen LogP contribution in [0.25, 0.3) is 0 Å². The molecule has 2 heteroatoms. The topological polar surface area (TPSA) is 12.0 Å². The van der Waals surface area contributed by atoms with Crippen LogP contribution in [0.15, 0.2) is 24.3 Å². The second-order valence-corrected chi connectivity index (χ2v) is 5.46. The van der Waals surface area contributed by atoms with E-state index in [0.717, 1.165) is 5.02 Å². The summed E-state index contributed by atoms with van der Waals surface area (Å²) in [5, 5.41) is 4.50. The van der Waals surface area contributed by atoms with Gasteiger partial charge in [0.05, 0.1) is 0 Å². The quantitative estimate of drug-likeness (QED) is 0.761. The Morgan fingerprint density at radius 2 is 1.93 bits per heavy atom. The summed E-state index contributed by atoms with van der Waals surface area (Å²) in [5.74, 6) is 0. The van der Waals surface area contributed by atoms with Gasteiger partial charge in [0.15, 0.2) is 0 Å². The molecule has 0 aromatic heterocycles. The van der Waals surface area contributed by atoms with E-state index in [4.69, 9.17) is 11.6 Å². The predicted molar refractivity (Wildman–Crippen MR) is 65.3 cm³/mol. The Hall–Kier alpha value is -0.530. The smallest absolute Gasteiger partial charge is 0.0406 e. The summed E-state index contributed by atoms with van der Waals surface area (Å²) < 4.78 is 0. The Balaban J connectivity index is 2.13. The van der Waals surface area contributed by atoms with Crippen molar-refractivity contribution in [2.24, 2.45) is 0 Å². The van der Waals surface area contributed by atoms with Gasteiger partial charge in [0, 0.05) is 16.6 Å². The Labute approximate surface area is 96.8 Å². The van der Waals surface area contributed by atoms with Crippen LogP contribution in [-0.2, 0) is 0 Å². The number of piperidine rings is 1. The lowest BCUT2D eigenvalue weighted by atomic mass is 9.86. The monoisotopic (exact) mass is 223 g/mol. The van der Waals surface area contributed by atoms with Crippen LogP contribution in [0.3, 0.4) is 0 Å². The molecular formula is C13H18ClN. The van der Waals surface area contributed by atoms with Crippen LogP contribution in [0, 0.1) is 0 Å². The minimum Gasteiger partial charge on any atom is -0.305 e. The minimum atomic E-state index is 0.266. The summed E-state index contributed by atoms with van der Waals surface area (Å²) in [4.78, 5) is 0. The molecule has 0 amide bonds. The average Bonchev–Trinajstić information content (AvgIpc) is 2.17. The number of hydrogen-bond donors (Lipinski definition) is 1. The second kappa shape index (κ2) is 4.15. The van der Waals surface area contributed by atoms with Gasteiger partial charge in [-0.05, 0) is 50.8 Å². The fraction of sp³-hybridized carbons (Fsp3) is 0.538. The van der Waals surface area contributed by atoms with Gasteiger partial charge in [0.25, 0.3) is 0 Å². The number of halogens is 1. The van der Waals surface area contributed by atoms with E-state index in [1.807, 2.05) is 12.1 Å². The molecule has 82 valence electrons. The van der Waals surface area contributed by atoms with Crippen molar-refractivity contribution in [3.8, 4) is 0 Å². The molecule has 1 heterocycles. The van der Waals surface area contributed by atoms with Gasteiger partial charge in [-0.25, -0.2) is 0 Å². The average molecular weight is 224 g/mol. The molecule has 0 bridgehead atoms. The molecule has 0 radical (unpaired) electrons. The van der Waals surface area contributed by atoms with Crippen molar-refractivity contribution in [2.45, 2.75) is 44.7 Å². The van der Waals surface area contributed by atoms with Crippen LogP contribution in [0.5, 0.6) is 0 Å². The number of hydrogen-bond acceptors (Lipinski definition) is 1. The second-order valence-electron chi connectivity index (χ2n) is 5.02. The maximum absolute atomic E-state index is 5.89. The molecule has 1 aliphatic rings. The summed E-state index contributed by atoms with van der Waals surface area (Å²) in [6.07, 6.45) is 3.79. The van der Waals surface area contributed by atoms with Crippen LogP contribution < -0.4 is 5.32 Å². The Bertz CT molecular complexity index is 329. The lowest BCUT2D eigenvalue weighted by molar-refractivity contribution is 0.245. The molecule has 1 N–H and O–H groups in total. The third-order valence-electron chi connectivity index (χ3n) is 3.13. The van der Waals surface area contributed by atoms with Gasteiger partial charge in [-0.1, -0.05) is 23.7 Å². The molecule has 1 unspecified atom stereocenters. The maximum atomic E-state index is 5.89. The van der Waals surface area contributed by atoms with E-state index in [1.165, 1.54) is 24.8 Å². The van der Waals surface area contributed by atoms with Gasteiger partial charge in [-0.15, -0.1) is 0 Å². The van der Waals surface area contributed by atoms with Gasteiger partial charge in [-0.2, -0.15) is 0 Å². The Morgan fingerprint density at radius 3 is 2.53 bits per heavy atom. The first kappa shape index (κ1) is 11.0. The first-order chi connectivity index (χ1) is 7.07. The van der Waals surface area contributed by atoms with Gasteiger partial charge in [-0.3, -0.25) is 0 Å².